The van der Waals surface area contributed by atoms with Crippen molar-refractivity contribution in [2.45, 2.75) is 6.42 Å². The first-order valence-corrected chi connectivity index (χ1v) is 10.3. The maximum absolute atomic E-state index is 5.18. The van der Waals surface area contributed by atoms with Gasteiger partial charge in [0.2, 0.25) is 0 Å². The Hall–Kier alpha value is -2.63. The van der Waals surface area contributed by atoms with E-state index in [0.29, 0.717) is 4.77 Å². The van der Waals surface area contributed by atoms with E-state index in [1.807, 2.05) is 0 Å². The summed E-state index contributed by atoms with van der Waals surface area (Å²) < 4.78 is 0.691. The third kappa shape index (κ3) is 3.43. The number of rotatable bonds is 4. The average molecular weight is 389 g/mol. The third-order valence-corrected chi connectivity index (χ3v) is 5.98. The number of nitrogens with zero attached hydrogens (tertiary/aromatic N) is 2. The van der Waals surface area contributed by atoms with Crippen LogP contribution in [0.4, 0.5) is 5.69 Å². The zero-order chi connectivity index (χ0) is 18.9. The summed E-state index contributed by atoms with van der Waals surface area (Å²) in [5.74, 6) is 0. The molecule has 2 N–H and O–H groups in total. The van der Waals surface area contributed by atoms with Crippen LogP contribution in [0.2, 0.25) is 0 Å². The fraction of sp³-hybridized carbons (Fsp3) is 0.261. The fourth-order valence-electron chi connectivity index (χ4n) is 4.22. The third-order valence-electron chi connectivity index (χ3n) is 5.78. The van der Waals surface area contributed by atoms with Crippen LogP contribution in [0.5, 0.6) is 0 Å². The number of H-pyrrole nitrogens is 2. The number of benzene rings is 3. The largest absolute Gasteiger partial charge is 0.368 e. The van der Waals surface area contributed by atoms with Crippen molar-refractivity contribution < 1.29 is 0 Å². The van der Waals surface area contributed by atoms with Crippen molar-refractivity contribution in [3.63, 3.8) is 0 Å². The van der Waals surface area contributed by atoms with Gasteiger partial charge in [0.1, 0.15) is 0 Å². The van der Waals surface area contributed by atoms with Gasteiger partial charge in [-0.25, -0.2) is 0 Å². The van der Waals surface area contributed by atoms with Crippen LogP contribution in [0, 0.1) is 4.77 Å². The second-order valence-electron chi connectivity index (χ2n) is 7.54. The summed E-state index contributed by atoms with van der Waals surface area (Å²) in [7, 11) is 0. The molecule has 0 aliphatic carbocycles. The summed E-state index contributed by atoms with van der Waals surface area (Å²) in [5, 5.41) is 2.68. The van der Waals surface area contributed by atoms with Crippen LogP contribution in [-0.2, 0) is 6.42 Å². The zero-order valence-corrected chi connectivity index (χ0v) is 16.6. The van der Waals surface area contributed by atoms with Crippen molar-refractivity contribution in [2.75, 3.05) is 37.6 Å². The minimum Gasteiger partial charge on any atom is -0.368 e. The smallest absolute Gasteiger partial charge is 0.175 e. The Bertz CT molecular complexity index is 1160. The average Bonchev–Trinajstić information content (AvgIpc) is 3.11. The van der Waals surface area contributed by atoms with E-state index in [4.69, 9.17) is 12.2 Å². The summed E-state index contributed by atoms with van der Waals surface area (Å²) in [5.41, 5.74) is 4.90. The van der Waals surface area contributed by atoms with Crippen LogP contribution in [0.15, 0.2) is 60.7 Å². The minimum atomic E-state index is 0.691. The number of piperazine rings is 1. The molecular weight excluding hydrogens is 364 g/mol. The van der Waals surface area contributed by atoms with Gasteiger partial charge in [-0.05, 0) is 47.8 Å². The van der Waals surface area contributed by atoms with Gasteiger partial charge in [-0.2, -0.15) is 0 Å². The van der Waals surface area contributed by atoms with Crippen LogP contribution in [0.25, 0.3) is 21.8 Å². The Morgan fingerprint density at radius 2 is 1.61 bits per heavy atom. The summed E-state index contributed by atoms with van der Waals surface area (Å²) in [6, 6.07) is 21.8. The van der Waals surface area contributed by atoms with Crippen LogP contribution in [-0.4, -0.2) is 47.6 Å². The Kier molecular flexibility index (Phi) is 4.63. The standard InChI is InChI=1S/C23H24N4S/c28-23-24-20-9-8-17(16-21(20)25-23)10-11-26-12-14-27(15-13-26)22-7-3-5-18-4-1-2-6-19(18)22/h1-9,16H,10-15H2,(H2,24,25,28). The minimum absolute atomic E-state index is 0.691. The monoisotopic (exact) mass is 388 g/mol. The maximum atomic E-state index is 5.18. The number of aromatic amines is 2. The number of hydrogen-bond donors (Lipinski definition) is 2. The van der Waals surface area contributed by atoms with E-state index < -0.39 is 0 Å². The molecule has 0 amide bonds. The van der Waals surface area contributed by atoms with Gasteiger partial charge in [0.15, 0.2) is 4.77 Å². The molecule has 4 nitrogen and oxygen atoms in total. The molecule has 1 aromatic heterocycles. The first kappa shape index (κ1) is 17.5. The van der Waals surface area contributed by atoms with Gasteiger partial charge < -0.3 is 14.9 Å². The Morgan fingerprint density at radius 1 is 0.821 bits per heavy atom. The van der Waals surface area contributed by atoms with Crippen LogP contribution < -0.4 is 4.90 Å². The summed E-state index contributed by atoms with van der Waals surface area (Å²) in [4.78, 5) is 11.5. The van der Waals surface area contributed by atoms with Crippen molar-refractivity contribution >= 4 is 39.7 Å². The predicted octanol–water partition coefficient (Wildman–Crippen LogP) is 4.74. The van der Waals surface area contributed by atoms with Crippen LogP contribution in [0.3, 0.4) is 0 Å². The first-order chi connectivity index (χ1) is 13.8. The highest BCUT2D eigenvalue weighted by Gasteiger charge is 2.18. The van der Waals surface area contributed by atoms with Gasteiger partial charge in [0, 0.05) is 43.8 Å². The lowest BCUT2D eigenvalue weighted by molar-refractivity contribution is 0.261. The molecule has 0 saturated carbocycles. The van der Waals surface area contributed by atoms with Crippen molar-refractivity contribution in [3.05, 3.63) is 71.0 Å². The second-order valence-corrected chi connectivity index (χ2v) is 7.94. The molecule has 1 aliphatic heterocycles. The molecule has 0 bridgehead atoms. The Labute approximate surface area is 169 Å². The van der Waals surface area contributed by atoms with E-state index in [1.165, 1.54) is 22.0 Å². The highest BCUT2D eigenvalue weighted by atomic mass is 32.1. The lowest BCUT2D eigenvalue weighted by Gasteiger charge is -2.36. The number of fused-ring (bicyclic) bond motifs is 2. The van der Waals surface area contributed by atoms with Gasteiger partial charge in [0.25, 0.3) is 0 Å². The molecule has 0 unspecified atom stereocenters. The van der Waals surface area contributed by atoms with Gasteiger partial charge >= 0.3 is 0 Å². The van der Waals surface area contributed by atoms with Crippen molar-refractivity contribution in [3.8, 4) is 0 Å². The van der Waals surface area contributed by atoms with E-state index in [9.17, 15) is 0 Å². The highest BCUT2D eigenvalue weighted by molar-refractivity contribution is 7.71. The number of aromatic nitrogens is 2. The quantitative estimate of drug-likeness (QED) is 0.496. The number of imidazole rings is 1. The molecule has 0 radical (unpaired) electrons. The van der Waals surface area contributed by atoms with E-state index in [0.717, 1.165) is 50.2 Å². The normalized spacial score (nSPS) is 15.5. The topological polar surface area (TPSA) is 38.1 Å². The molecule has 4 aromatic rings. The molecule has 1 fully saturated rings. The van der Waals surface area contributed by atoms with Crippen LogP contribution in [0.1, 0.15) is 5.56 Å². The number of nitrogens with one attached hydrogen (secondary N) is 2. The van der Waals surface area contributed by atoms with Gasteiger partial charge in [-0.15, -0.1) is 0 Å². The summed E-state index contributed by atoms with van der Waals surface area (Å²) in [6.07, 6.45) is 1.07. The van der Waals surface area contributed by atoms with Gasteiger partial charge in [-0.3, -0.25) is 4.90 Å². The SMILES string of the molecule is S=c1[nH]c2ccc(CCN3CCN(c4cccc5ccccc45)CC3)cc2[nH]1. The van der Waals surface area contributed by atoms with E-state index in [2.05, 4.69) is 80.4 Å². The second kappa shape index (κ2) is 7.41. The lowest BCUT2D eigenvalue weighted by Crippen LogP contribution is -2.47. The van der Waals surface area contributed by atoms with E-state index in [-0.39, 0.29) is 0 Å². The molecule has 1 aliphatic rings. The predicted molar refractivity (Wildman–Crippen MR) is 120 cm³/mol. The molecule has 5 heteroatoms. The molecular formula is C23H24N4S. The highest BCUT2D eigenvalue weighted by Crippen LogP contribution is 2.27. The van der Waals surface area contributed by atoms with E-state index in [1.54, 1.807) is 0 Å². The van der Waals surface area contributed by atoms with Gasteiger partial charge in [-0.1, -0.05) is 42.5 Å². The van der Waals surface area contributed by atoms with Crippen LogP contribution >= 0.6 is 12.2 Å². The number of anilines is 1. The fourth-order valence-corrected chi connectivity index (χ4v) is 4.44. The summed E-state index contributed by atoms with van der Waals surface area (Å²) in [6.45, 7) is 5.48. The molecule has 0 spiro atoms. The molecule has 142 valence electrons. The molecule has 2 heterocycles. The Balaban J connectivity index is 1.22. The molecule has 28 heavy (non-hydrogen) atoms. The van der Waals surface area contributed by atoms with Crippen molar-refractivity contribution in [1.29, 1.82) is 0 Å². The zero-order valence-electron chi connectivity index (χ0n) is 15.8. The number of hydrogen-bond acceptors (Lipinski definition) is 3. The van der Waals surface area contributed by atoms with Crippen molar-refractivity contribution in [1.82, 2.24) is 14.9 Å². The first-order valence-electron chi connectivity index (χ1n) is 9.92. The van der Waals surface area contributed by atoms with E-state index >= 15 is 0 Å². The van der Waals surface area contributed by atoms with Gasteiger partial charge in [0.05, 0.1) is 11.0 Å². The summed E-state index contributed by atoms with van der Waals surface area (Å²) >= 11 is 5.18. The molecule has 1 saturated heterocycles. The molecule has 0 atom stereocenters. The maximum Gasteiger partial charge on any atom is 0.175 e. The van der Waals surface area contributed by atoms with Crippen molar-refractivity contribution in [2.24, 2.45) is 0 Å². The Morgan fingerprint density at radius 3 is 2.50 bits per heavy atom. The molecule has 3 aromatic carbocycles. The lowest BCUT2D eigenvalue weighted by atomic mass is 10.1. The molecule has 5 rings (SSSR count).